The van der Waals surface area contributed by atoms with E-state index in [0.717, 1.165) is 68.1 Å². The fraction of sp³-hybridized carbons (Fsp3) is 0.435. The Morgan fingerprint density at radius 1 is 0.933 bits per heavy atom. The Bertz CT molecular complexity index is 1030. The van der Waals surface area contributed by atoms with Gasteiger partial charge in [0, 0.05) is 38.8 Å². The minimum Gasteiger partial charge on any atom is -0.497 e. The van der Waals surface area contributed by atoms with E-state index in [-0.39, 0.29) is 5.69 Å². The number of H-pyrrole nitrogens is 1. The van der Waals surface area contributed by atoms with Crippen LogP contribution in [-0.4, -0.2) is 61.4 Å². The van der Waals surface area contributed by atoms with Crippen LogP contribution in [-0.2, 0) is 6.54 Å². The highest BCUT2D eigenvalue weighted by molar-refractivity contribution is 5.77. The van der Waals surface area contributed by atoms with Gasteiger partial charge in [0.1, 0.15) is 11.5 Å². The van der Waals surface area contributed by atoms with Crippen molar-refractivity contribution in [3.8, 4) is 11.5 Å². The molecule has 1 fully saturated rings. The molecule has 30 heavy (non-hydrogen) atoms. The normalized spacial score (nSPS) is 14.9. The van der Waals surface area contributed by atoms with Crippen molar-refractivity contribution in [2.45, 2.75) is 19.4 Å². The van der Waals surface area contributed by atoms with Gasteiger partial charge in [0.15, 0.2) is 0 Å². The number of nitrogens with zero attached hydrogens (tertiary/aromatic N) is 3. The number of unbranched alkanes of at least 4 members (excludes halogenated alkanes) is 1. The Hall–Kier alpha value is -2.93. The molecule has 2 aromatic carbocycles. The van der Waals surface area contributed by atoms with Gasteiger partial charge < -0.3 is 19.4 Å². The average molecular weight is 411 g/mol. The highest BCUT2D eigenvalue weighted by atomic mass is 16.5. The lowest BCUT2D eigenvalue weighted by Gasteiger charge is -2.36. The number of fused-ring (bicyclic) bond motifs is 1. The number of aryl methyl sites for hydroxylation is 1. The third-order valence-corrected chi connectivity index (χ3v) is 5.89. The second kappa shape index (κ2) is 9.26. The molecule has 7 heteroatoms. The van der Waals surface area contributed by atoms with Crippen LogP contribution in [0.4, 0.5) is 5.69 Å². The molecule has 0 amide bonds. The van der Waals surface area contributed by atoms with Crippen molar-refractivity contribution < 1.29 is 9.47 Å². The number of anilines is 1. The van der Waals surface area contributed by atoms with E-state index in [1.54, 1.807) is 14.2 Å². The summed E-state index contributed by atoms with van der Waals surface area (Å²) in [7, 11) is 3.37. The van der Waals surface area contributed by atoms with Crippen molar-refractivity contribution >= 4 is 16.7 Å². The quantitative estimate of drug-likeness (QED) is 0.579. The summed E-state index contributed by atoms with van der Waals surface area (Å²) in [6, 6.07) is 13.9. The summed E-state index contributed by atoms with van der Waals surface area (Å²) in [5, 5.41) is 0. The Balaban J connectivity index is 1.27. The third kappa shape index (κ3) is 4.31. The molecular formula is C23H30N4O3. The number of nitrogens with one attached hydrogen (secondary N) is 1. The largest absolute Gasteiger partial charge is 0.497 e. The van der Waals surface area contributed by atoms with Crippen molar-refractivity contribution in [3.63, 3.8) is 0 Å². The first-order valence-corrected chi connectivity index (χ1v) is 10.6. The van der Waals surface area contributed by atoms with E-state index in [0.29, 0.717) is 6.54 Å². The Morgan fingerprint density at radius 3 is 2.47 bits per heavy atom. The van der Waals surface area contributed by atoms with Crippen LogP contribution in [0.3, 0.4) is 0 Å². The maximum absolute atomic E-state index is 12.3. The van der Waals surface area contributed by atoms with E-state index in [4.69, 9.17) is 9.47 Å². The number of benzene rings is 2. The van der Waals surface area contributed by atoms with Gasteiger partial charge in [-0.3, -0.25) is 9.47 Å². The Kier molecular flexibility index (Phi) is 6.28. The van der Waals surface area contributed by atoms with Crippen LogP contribution in [0.5, 0.6) is 11.5 Å². The van der Waals surface area contributed by atoms with Gasteiger partial charge in [-0.2, -0.15) is 0 Å². The predicted octanol–water partition coefficient (Wildman–Crippen LogP) is 2.95. The van der Waals surface area contributed by atoms with E-state index >= 15 is 0 Å². The zero-order valence-corrected chi connectivity index (χ0v) is 17.8. The first-order valence-electron chi connectivity index (χ1n) is 10.6. The van der Waals surface area contributed by atoms with Crippen LogP contribution >= 0.6 is 0 Å². The summed E-state index contributed by atoms with van der Waals surface area (Å²) in [4.78, 5) is 20.1. The summed E-state index contributed by atoms with van der Waals surface area (Å²) in [5.41, 5.74) is 2.88. The van der Waals surface area contributed by atoms with E-state index in [1.807, 2.05) is 34.9 Å². The average Bonchev–Trinajstić information content (AvgIpc) is 3.11. The molecule has 0 saturated carbocycles. The van der Waals surface area contributed by atoms with Crippen LogP contribution in [0.1, 0.15) is 12.8 Å². The van der Waals surface area contributed by atoms with Gasteiger partial charge in [-0.25, -0.2) is 4.79 Å². The SMILES string of the molecule is COc1ccc2[nH]c(=O)n(CCCCN3CCN(c4ccccc4OC)CC3)c2c1. The van der Waals surface area contributed by atoms with Gasteiger partial charge in [0.2, 0.25) is 0 Å². The highest BCUT2D eigenvalue weighted by Gasteiger charge is 2.19. The number of hydrogen-bond donors (Lipinski definition) is 1. The second-order valence-corrected chi connectivity index (χ2v) is 7.67. The lowest BCUT2D eigenvalue weighted by molar-refractivity contribution is 0.250. The number of methoxy groups -OCH3 is 2. The Morgan fingerprint density at radius 2 is 1.70 bits per heavy atom. The molecule has 0 atom stereocenters. The molecule has 1 aliphatic rings. The number of hydrogen-bond acceptors (Lipinski definition) is 5. The first-order chi connectivity index (χ1) is 14.7. The van der Waals surface area contributed by atoms with E-state index in [9.17, 15) is 4.79 Å². The summed E-state index contributed by atoms with van der Waals surface area (Å²) in [6.45, 7) is 5.86. The molecule has 4 rings (SSSR count). The molecule has 0 spiro atoms. The van der Waals surface area contributed by atoms with Gasteiger partial charge >= 0.3 is 5.69 Å². The van der Waals surface area contributed by atoms with E-state index in [2.05, 4.69) is 26.9 Å². The standard InChI is InChI=1S/C23H30N4O3/c1-29-18-9-10-19-21(17-18)27(23(28)24-19)12-6-5-11-25-13-15-26(16-14-25)20-7-3-4-8-22(20)30-2/h3-4,7-10,17H,5-6,11-16H2,1-2H3,(H,24,28). The zero-order chi connectivity index (χ0) is 20.9. The molecular weight excluding hydrogens is 380 g/mol. The van der Waals surface area contributed by atoms with Crippen LogP contribution in [0, 0.1) is 0 Å². The Labute approximate surface area is 176 Å². The summed E-state index contributed by atoms with van der Waals surface area (Å²) < 4.78 is 12.6. The molecule has 1 N–H and O–H groups in total. The van der Waals surface area contributed by atoms with Crippen molar-refractivity contribution in [2.75, 3.05) is 51.8 Å². The number of rotatable bonds is 8. The second-order valence-electron chi connectivity index (χ2n) is 7.67. The molecule has 7 nitrogen and oxygen atoms in total. The lowest BCUT2D eigenvalue weighted by atomic mass is 10.2. The van der Waals surface area contributed by atoms with Crippen molar-refractivity contribution in [2.24, 2.45) is 0 Å². The smallest absolute Gasteiger partial charge is 0.326 e. The first kappa shape index (κ1) is 20.3. The van der Waals surface area contributed by atoms with Crippen LogP contribution in [0.2, 0.25) is 0 Å². The third-order valence-electron chi connectivity index (χ3n) is 5.89. The summed E-state index contributed by atoms with van der Waals surface area (Å²) in [6.07, 6.45) is 2.04. The van der Waals surface area contributed by atoms with Crippen LogP contribution in [0.15, 0.2) is 47.3 Å². The van der Waals surface area contributed by atoms with Gasteiger partial charge in [-0.15, -0.1) is 0 Å². The molecule has 1 aromatic heterocycles. The minimum absolute atomic E-state index is 0.0522. The molecule has 0 bridgehead atoms. The molecule has 3 aromatic rings. The van der Waals surface area contributed by atoms with Gasteiger partial charge in [0.05, 0.1) is 30.9 Å². The van der Waals surface area contributed by atoms with Gasteiger partial charge in [0.25, 0.3) is 0 Å². The van der Waals surface area contributed by atoms with E-state index < -0.39 is 0 Å². The van der Waals surface area contributed by atoms with Crippen molar-refractivity contribution in [3.05, 3.63) is 52.9 Å². The maximum atomic E-state index is 12.3. The summed E-state index contributed by atoms with van der Waals surface area (Å²) >= 11 is 0. The van der Waals surface area contributed by atoms with Crippen molar-refractivity contribution in [1.29, 1.82) is 0 Å². The maximum Gasteiger partial charge on any atom is 0.326 e. The number of aromatic nitrogens is 2. The van der Waals surface area contributed by atoms with Crippen LogP contribution < -0.4 is 20.1 Å². The minimum atomic E-state index is -0.0522. The number of para-hydroxylation sites is 2. The predicted molar refractivity (Wildman–Crippen MR) is 120 cm³/mol. The topological polar surface area (TPSA) is 62.7 Å². The molecule has 2 heterocycles. The van der Waals surface area contributed by atoms with E-state index in [1.165, 1.54) is 5.69 Å². The lowest BCUT2D eigenvalue weighted by Crippen LogP contribution is -2.46. The monoisotopic (exact) mass is 410 g/mol. The van der Waals surface area contributed by atoms with Gasteiger partial charge in [-0.05, 0) is 43.7 Å². The summed E-state index contributed by atoms with van der Waals surface area (Å²) in [5.74, 6) is 1.70. The van der Waals surface area contributed by atoms with Crippen molar-refractivity contribution in [1.82, 2.24) is 14.5 Å². The number of aromatic amines is 1. The fourth-order valence-electron chi connectivity index (χ4n) is 4.19. The number of piperazine rings is 1. The number of ether oxygens (including phenoxy) is 2. The molecule has 1 saturated heterocycles. The molecule has 0 unspecified atom stereocenters. The number of imidazole rings is 1. The highest BCUT2D eigenvalue weighted by Crippen LogP contribution is 2.28. The molecule has 1 aliphatic heterocycles. The van der Waals surface area contributed by atoms with Gasteiger partial charge in [-0.1, -0.05) is 12.1 Å². The zero-order valence-electron chi connectivity index (χ0n) is 17.8. The molecule has 0 aliphatic carbocycles. The van der Waals surface area contributed by atoms with Crippen LogP contribution in [0.25, 0.3) is 11.0 Å². The molecule has 0 radical (unpaired) electrons. The molecule has 160 valence electrons. The fourth-order valence-corrected chi connectivity index (χ4v) is 4.19.